The molecule has 29 heavy (non-hydrogen) atoms. The molecule has 3 aromatic rings. The monoisotopic (exact) mass is 396 g/mol. The molecule has 0 fully saturated rings. The largest absolute Gasteiger partial charge is 0.495 e. The van der Waals surface area contributed by atoms with Crippen molar-refractivity contribution < 1.29 is 23.1 Å². The van der Waals surface area contributed by atoms with E-state index in [4.69, 9.17) is 9.15 Å². The average molecular weight is 396 g/mol. The molecule has 0 radical (unpaired) electrons. The van der Waals surface area contributed by atoms with Crippen LogP contribution in [0.3, 0.4) is 0 Å². The topological polar surface area (TPSA) is 71.8 Å². The number of anilines is 1. The molecule has 1 aromatic heterocycles. The number of hydrogen-bond donors (Lipinski definition) is 1. The van der Waals surface area contributed by atoms with Crippen molar-refractivity contribution in [2.24, 2.45) is 0 Å². The van der Waals surface area contributed by atoms with Crippen LogP contribution in [-0.2, 0) is 4.79 Å². The summed E-state index contributed by atoms with van der Waals surface area (Å²) in [5.41, 5.74) is 0.784. The molecule has 0 saturated heterocycles. The van der Waals surface area contributed by atoms with Gasteiger partial charge in [-0.3, -0.25) is 9.59 Å². The molecular formula is C22H21FN2O4. The van der Waals surface area contributed by atoms with E-state index in [1.807, 2.05) is 0 Å². The van der Waals surface area contributed by atoms with Crippen molar-refractivity contribution in [3.63, 3.8) is 0 Å². The SMILES string of the molecule is CCN(CC(=O)Nc1ccccc1OC)C(=O)c1ccc(-c2ccccc2F)o1. The fraction of sp³-hybridized carbons (Fsp3) is 0.182. The lowest BCUT2D eigenvalue weighted by Crippen LogP contribution is -2.37. The van der Waals surface area contributed by atoms with Gasteiger partial charge in [0.05, 0.1) is 18.4 Å². The van der Waals surface area contributed by atoms with Gasteiger partial charge in [0.1, 0.15) is 23.9 Å². The standard InChI is InChI=1S/C22H21FN2O4/c1-3-25(14-21(26)24-17-10-6-7-11-19(17)28-2)22(27)20-13-12-18(29-20)15-8-4-5-9-16(15)23/h4-13H,3,14H2,1-2H3,(H,24,26). The summed E-state index contributed by atoms with van der Waals surface area (Å²) < 4.78 is 24.7. The number of nitrogens with zero attached hydrogens (tertiary/aromatic N) is 1. The molecule has 6 nitrogen and oxygen atoms in total. The molecule has 3 rings (SSSR count). The number of carbonyl (C=O) groups is 2. The Morgan fingerprint density at radius 2 is 1.79 bits per heavy atom. The molecule has 0 aliphatic rings. The zero-order valence-corrected chi connectivity index (χ0v) is 16.1. The maximum Gasteiger partial charge on any atom is 0.290 e. The van der Waals surface area contributed by atoms with Gasteiger partial charge in [-0.15, -0.1) is 0 Å². The normalized spacial score (nSPS) is 10.4. The van der Waals surface area contributed by atoms with Gasteiger partial charge in [-0.25, -0.2) is 4.39 Å². The number of rotatable bonds is 7. The molecule has 0 unspecified atom stereocenters. The third kappa shape index (κ3) is 4.63. The highest BCUT2D eigenvalue weighted by atomic mass is 19.1. The Kier molecular flexibility index (Phi) is 6.29. The molecular weight excluding hydrogens is 375 g/mol. The van der Waals surface area contributed by atoms with Crippen LogP contribution in [0.15, 0.2) is 65.1 Å². The zero-order valence-electron chi connectivity index (χ0n) is 16.1. The number of furan rings is 1. The van der Waals surface area contributed by atoms with Gasteiger partial charge in [0.15, 0.2) is 5.76 Å². The van der Waals surface area contributed by atoms with Crippen molar-refractivity contribution >= 4 is 17.5 Å². The van der Waals surface area contributed by atoms with Crippen molar-refractivity contribution in [2.45, 2.75) is 6.92 Å². The van der Waals surface area contributed by atoms with Crippen molar-refractivity contribution in [3.8, 4) is 17.1 Å². The lowest BCUT2D eigenvalue weighted by molar-refractivity contribution is -0.116. The first-order chi connectivity index (χ1) is 14.0. The number of benzene rings is 2. The van der Waals surface area contributed by atoms with Crippen LogP contribution in [0.25, 0.3) is 11.3 Å². The van der Waals surface area contributed by atoms with Gasteiger partial charge >= 0.3 is 0 Å². The van der Waals surface area contributed by atoms with Gasteiger partial charge in [0.2, 0.25) is 5.91 Å². The summed E-state index contributed by atoms with van der Waals surface area (Å²) in [7, 11) is 1.51. The van der Waals surface area contributed by atoms with Crippen LogP contribution in [0.5, 0.6) is 5.75 Å². The zero-order chi connectivity index (χ0) is 20.8. The molecule has 0 aliphatic heterocycles. The summed E-state index contributed by atoms with van der Waals surface area (Å²) in [6.45, 7) is 1.89. The molecule has 1 heterocycles. The van der Waals surface area contributed by atoms with Crippen molar-refractivity contribution in [2.75, 3.05) is 25.5 Å². The van der Waals surface area contributed by atoms with Crippen LogP contribution in [0.1, 0.15) is 17.5 Å². The molecule has 2 aromatic carbocycles. The summed E-state index contributed by atoms with van der Waals surface area (Å²) in [6.07, 6.45) is 0. The van der Waals surface area contributed by atoms with E-state index in [-0.39, 0.29) is 29.5 Å². The number of carbonyl (C=O) groups excluding carboxylic acids is 2. The molecule has 0 atom stereocenters. The number of nitrogens with one attached hydrogen (secondary N) is 1. The minimum atomic E-state index is -0.453. The third-order valence-corrected chi connectivity index (χ3v) is 4.34. The van der Waals surface area contributed by atoms with Crippen LogP contribution in [-0.4, -0.2) is 36.9 Å². The molecule has 7 heteroatoms. The van der Waals surface area contributed by atoms with E-state index in [0.717, 1.165) is 0 Å². The Morgan fingerprint density at radius 3 is 2.52 bits per heavy atom. The van der Waals surface area contributed by atoms with E-state index < -0.39 is 11.7 Å². The van der Waals surface area contributed by atoms with Crippen LogP contribution in [0.2, 0.25) is 0 Å². The summed E-state index contributed by atoms with van der Waals surface area (Å²) in [5.74, 6) is -0.452. The number of methoxy groups -OCH3 is 1. The molecule has 0 saturated carbocycles. The second kappa shape index (κ2) is 9.05. The smallest absolute Gasteiger partial charge is 0.290 e. The minimum absolute atomic E-state index is 0.0372. The van der Waals surface area contributed by atoms with Gasteiger partial charge in [-0.05, 0) is 43.3 Å². The Balaban J connectivity index is 1.71. The van der Waals surface area contributed by atoms with Gasteiger partial charge in [0.25, 0.3) is 5.91 Å². The van der Waals surface area contributed by atoms with E-state index in [0.29, 0.717) is 18.0 Å². The first-order valence-electron chi connectivity index (χ1n) is 9.10. The first kappa shape index (κ1) is 20.1. The highest BCUT2D eigenvalue weighted by Crippen LogP contribution is 2.26. The van der Waals surface area contributed by atoms with Gasteiger partial charge < -0.3 is 19.4 Å². The maximum absolute atomic E-state index is 13.9. The van der Waals surface area contributed by atoms with Crippen LogP contribution in [0.4, 0.5) is 10.1 Å². The highest BCUT2D eigenvalue weighted by molar-refractivity contribution is 5.99. The van der Waals surface area contributed by atoms with Crippen LogP contribution >= 0.6 is 0 Å². The summed E-state index contributed by atoms with van der Waals surface area (Å²) in [6, 6.07) is 16.2. The average Bonchev–Trinajstić information content (AvgIpc) is 3.22. The highest BCUT2D eigenvalue weighted by Gasteiger charge is 2.22. The number of para-hydroxylation sites is 2. The van der Waals surface area contributed by atoms with Crippen molar-refractivity contribution in [3.05, 3.63) is 72.2 Å². The van der Waals surface area contributed by atoms with E-state index in [1.165, 1.54) is 30.2 Å². The third-order valence-electron chi connectivity index (χ3n) is 4.34. The number of halogens is 1. The summed E-state index contributed by atoms with van der Waals surface area (Å²) in [5, 5.41) is 2.73. The predicted molar refractivity (Wildman–Crippen MR) is 107 cm³/mol. The predicted octanol–water partition coefficient (Wildman–Crippen LogP) is 4.20. The van der Waals surface area contributed by atoms with E-state index >= 15 is 0 Å². The summed E-state index contributed by atoms with van der Waals surface area (Å²) >= 11 is 0. The quantitative estimate of drug-likeness (QED) is 0.650. The molecule has 150 valence electrons. The second-order valence-corrected chi connectivity index (χ2v) is 6.21. The Hall–Kier alpha value is -3.61. The van der Waals surface area contributed by atoms with E-state index in [2.05, 4.69) is 5.32 Å². The van der Waals surface area contributed by atoms with E-state index in [9.17, 15) is 14.0 Å². The van der Waals surface area contributed by atoms with Crippen LogP contribution < -0.4 is 10.1 Å². The molecule has 0 bridgehead atoms. The van der Waals surface area contributed by atoms with E-state index in [1.54, 1.807) is 49.4 Å². The molecule has 0 spiro atoms. The van der Waals surface area contributed by atoms with Crippen molar-refractivity contribution in [1.82, 2.24) is 4.90 Å². The minimum Gasteiger partial charge on any atom is -0.495 e. The van der Waals surface area contributed by atoms with Crippen LogP contribution in [0, 0.1) is 5.82 Å². The number of amides is 2. The van der Waals surface area contributed by atoms with Crippen molar-refractivity contribution in [1.29, 1.82) is 0 Å². The van der Waals surface area contributed by atoms with Gasteiger partial charge in [-0.2, -0.15) is 0 Å². The number of hydrogen-bond acceptors (Lipinski definition) is 4. The second-order valence-electron chi connectivity index (χ2n) is 6.21. The lowest BCUT2D eigenvalue weighted by atomic mass is 10.1. The maximum atomic E-state index is 13.9. The molecule has 2 amide bonds. The fourth-order valence-corrected chi connectivity index (χ4v) is 2.85. The Labute approximate surface area is 167 Å². The molecule has 1 N–H and O–H groups in total. The van der Waals surface area contributed by atoms with Gasteiger partial charge in [-0.1, -0.05) is 24.3 Å². The first-order valence-corrected chi connectivity index (χ1v) is 9.10. The summed E-state index contributed by atoms with van der Waals surface area (Å²) in [4.78, 5) is 26.5. The number of likely N-dealkylation sites (N-methyl/N-ethyl adjacent to an activating group) is 1. The number of ether oxygens (including phenoxy) is 1. The molecule has 0 aliphatic carbocycles. The fourth-order valence-electron chi connectivity index (χ4n) is 2.85. The lowest BCUT2D eigenvalue weighted by Gasteiger charge is -2.19. The Bertz CT molecular complexity index is 1020. The Morgan fingerprint density at radius 1 is 1.07 bits per heavy atom. The van der Waals surface area contributed by atoms with Gasteiger partial charge in [0, 0.05) is 6.54 Å².